The molecule has 0 radical (unpaired) electrons. The van der Waals surface area contributed by atoms with Crippen LogP contribution in [0.3, 0.4) is 0 Å². The number of isocyanates is 1. The molecule has 212 valence electrons. The number of carbonyl (C=O) groups excluding carboxylic acids is 2. The number of halogens is 6. The Labute approximate surface area is 205 Å². The van der Waals surface area contributed by atoms with Crippen LogP contribution < -0.4 is 5.32 Å². The molecule has 0 atom stereocenters. The second kappa shape index (κ2) is 17.1. The van der Waals surface area contributed by atoms with Crippen LogP contribution in [0.15, 0.2) is 4.99 Å². The third kappa shape index (κ3) is 32.6. The van der Waals surface area contributed by atoms with Gasteiger partial charge in [-0.25, -0.2) is 14.6 Å². The van der Waals surface area contributed by atoms with E-state index in [1.165, 1.54) is 58.2 Å². The van der Waals surface area contributed by atoms with E-state index in [0.29, 0.717) is 19.7 Å². The molecule has 1 amide bonds. The summed E-state index contributed by atoms with van der Waals surface area (Å²) < 4.78 is 65.8. The summed E-state index contributed by atoms with van der Waals surface area (Å²) in [6.07, 6.45) is 12.4. The summed E-state index contributed by atoms with van der Waals surface area (Å²) in [6.45, 7) is 12.9. The maximum atomic E-state index is 11.9. The molecule has 0 aromatic heterocycles. The molecule has 0 saturated heterocycles. The van der Waals surface area contributed by atoms with Gasteiger partial charge in [-0.3, -0.25) is 0 Å². The summed E-state index contributed by atoms with van der Waals surface area (Å²) in [4.78, 5) is 25.4. The molecule has 0 aromatic rings. The zero-order valence-corrected chi connectivity index (χ0v) is 22.2. The van der Waals surface area contributed by atoms with Crippen molar-refractivity contribution in [3.8, 4) is 0 Å². The van der Waals surface area contributed by atoms with Gasteiger partial charge in [0.2, 0.25) is 6.08 Å². The Morgan fingerprint density at radius 3 is 1.69 bits per heavy atom. The molecule has 0 spiro atoms. The molecule has 35 heavy (non-hydrogen) atoms. The second-order valence-electron chi connectivity index (χ2n) is 8.70. The Hall–Kier alpha value is -1.38. The summed E-state index contributed by atoms with van der Waals surface area (Å²) in [6, 6.07) is 0. The number of hydrogen-bond acceptors (Lipinski definition) is 4. The number of quaternary nitrogens is 1. The Bertz CT molecular complexity index is 582. The number of hydrogen-bond donors (Lipinski definition) is 1. The number of aliphatic imine (C=N–C) groups is 1. The van der Waals surface area contributed by atoms with Gasteiger partial charge in [-0.2, -0.15) is 0 Å². The molecule has 0 fully saturated rings. The SMILES string of the molecule is CCCC[N+](CCCC)(CCCC)CCOC(=O)NCCCCCCN=C=O.F[P-](F)(F)(F)(F)F. The van der Waals surface area contributed by atoms with E-state index in [1.54, 1.807) is 6.08 Å². The number of ether oxygens (including phenoxy) is 1. The summed E-state index contributed by atoms with van der Waals surface area (Å²) in [5, 5.41) is 2.85. The Morgan fingerprint density at radius 1 is 0.800 bits per heavy atom. The molecule has 0 aliphatic carbocycles. The number of nitrogens with one attached hydrogen (secondary N) is 1. The zero-order valence-electron chi connectivity index (χ0n) is 21.4. The van der Waals surface area contributed by atoms with Crippen molar-refractivity contribution in [3.05, 3.63) is 0 Å². The predicted octanol–water partition coefficient (Wildman–Crippen LogP) is 8.21. The minimum atomic E-state index is -10.7. The van der Waals surface area contributed by atoms with Crippen molar-refractivity contribution >= 4 is 20.0 Å². The molecule has 0 heterocycles. The Balaban J connectivity index is 0. The van der Waals surface area contributed by atoms with Crippen LogP contribution in [0.2, 0.25) is 0 Å². The Morgan fingerprint density at radius 2 is 1.26 bits per heavy atom. The average molecular weight is 544 g/mol. The monoisotopic (exact) mass is 543 g/mol. The molecule has 0 saturated carbocycles. The van der Waals surface area contributed by atoms with Crippen molar-refractivity contribution in [1.29, 1.82) is 0 Å². The van der Waals surface area contributed by atoms with E-state index < -0.39 is 7.81 Å². The number of carbonyl (C=O) groups is 1. The van der Waals surface area contributed by atoms with Crippen LogP contribution in [-0.2, 0) is 9.53 Å². The first-order valence-electron chi connectivity index (χ1n) is 12.4. The normalized spacial score (nSPS) is 13.5. The fourth-order valence-electron chi connectivity index (χ4n) is 3.44. The molecule has 1 N–H and O–H groups in total. The van der Waals surface area contributed by atoms with Gasteiger partial charge in [0.15, 0.2) is 0 Å². The quantitative estimate of drug-likeness (QED) is 0.0446. The standard InChI is InChI=1S/C22H43N3O3.F6P/c1-4-7-16-25(17-8-5-2,18-9-6-3)19-20-28-22(27)24-15-13-11-10-12-14-23-21-26;1-7(2,3,4,5)6/h4-20H2,1-3H3;/q;-1/p+1. The molecule has 6 nitrogen and oxygen atoms in total. The van der Waals surface area contributed by atoms with Crippen molar-refractivity contribution in [2.75, 3.05) is 45.9 Å². The van der Waals surface area contributed by atoms with E-state index in [2.05, 4.69) is 31.1 Å². The average Bonchev–Trinajstić information content (AvgIpc) is 2.74. The third-order valence-corrected chi connectivity index (χ3v) is 5.29. The van der Waals surface area contributed by atoms with Gasteiger partial charge in [0.05, 0.1) is 26.2 Å². The van der Waals surface area contributed by atoms with Gasteiger partial charge in [-0.05, 0) is 32.1 Å². The second-order valence-corrected chi connectivity index (χ2v) is 10.6. The number of rotatable bonds is 19. The maximum absolute atomic E-state index is 11.9. The van der Waals surface area contributed by atoms with Crippen LogP contribution in [0.4, 0.5) is 30.0 Å². The van der Waals surface area contributed by atoms with Gasteiger partial charge in [0.1, 0.15) is 13.2 Å². The van der Waals surface area contributed by atoms with Crippen LogP contribution in [0.5, 0.6) is 0 Å². The summed E-state index contributed by atoms with van der Waals surface area (Å²) in [5.74, 6) is 0. The molecule has 0 aliphatic heterocycles. The van der Waals surface area contributed by atoms with Crippen LogP contribution in [0, 0.1) is 0 Å². The number of unbranched alkanes of at least 4 members (excludes halogenated alkanes) is 6. The van der Waals surface area contributed by atoms with Gasteiger partial charge < -0.3 is 14.5 Å². The fraction of sp³-hybridized carbons (Fsp3) is 0.909. The molecule has 0 bridgehead atoms. The van der Waals surface area contributed by atoms with Crippen LogP contribution in [-0.4, -0.2) is 62.5 Å². The molecule has 0 aliphatic rings. The topological polar surface area (TPSA) is 67.8 Å². The van der Waals surface area contributed by atoms with E-state index in [9.17, 15) is 34.8 Å². The van der Waals surface area contributed by atoms with Crippen molar-refractivity contribution < 1.29 is 44.0 Å². The first-order valence-corrected chi connectivity index (χ1v) is 14.5. The van der Waals surface area contributed by atoms with Crippen LogP contribution >= 0.6 is 7.81 Å². The van der Waals surface area contributed by atoms with E-state index in [4.69, 9.17) is 4.74 Å². The van der Waals surface area contributed by atoms with Crippen molar-refractivity contribution in [1.82, 2.24) is 5.32 Å². The van der Waals surface area contributed by atoms with E-state index in [0.717, 1.165) is 36.7 Å². The minimum absolute atomic E-state index is 0.301. The predicted molar refractivity (Wildman–Crippen MR) is 129 cm³/mol. The molecule has 0 aromatic carbocycles. The van der Waals surface area contributed by atoms with Gasteiger partial charge in [-0.1, -0.05) is 52.9 Å². The summed E-state index contributed by atoms with van der Waals surface area (Å²) in [5.41, 5.74) is 0. The molecule has 0 unspecified atom stereocenters. The van der Waals surface area contributed by atoms with Gasteiger partial charge in [0.25, 0.3) is 0 Å². The molecule has 0 rings (SSSR count). The van der Waals surface area contributed by atoms with Crippen molar-refractivity contribution in [2.24, 2.45) is 4.99 Å². The molecule has 13 heteroatoms. The first kappa shape index (κ1) is 35.8. The van der Waals surface area contributed by atoms with Gasteiger partial charge in [0, 0.05) is 6.54 Å². The summed E-state index contributed by atoms with van der Waals surface area (Å²) in [7, 11) is -10.7. The molecular formula is C22H44F6N3O3P. The number of nitrogens with zero attached hydrogens (tertiary/aromatic N) is 2. The summed E-state index contributed by atoms with van der Waals surface area (Å²) >= 11 is 0. The first-order chi connectivity index (χ1) is 16.1. The van der Waals surface area contributed by atoms with E-state index in [1.807, 2.05) is 0 Å². The number of amides is 1. The van der Waals surface area contributed by atoms with E-state index >= 15 is 0 Å². The van der Waals surface area contributed by atoms with E-state index in [-0.39, 0.29) is 6.09 Å². The number of alkyl carbamates (subject to hydrolysis) is 1. The zero-order chi connectivity index (χ0) is 27.3. The van der Waals surface area contributed by atoms with Gasteiger partial charge >= 0.3 is 39.1 Å². The van der Waals surface area contributed by atoms with Crippen molar-refractivity contribution in [2.45, 2.75) is 85.0 Å². The van der Waals surface area contributed by atoms with Crippen LogP contribution in [0.1, 0.15) is 85.0 Å². The molecular weight excluding hydrogens is 499 g/mol. The third-order valence-electron chi connectivity index (χ3n) is 5.29. The fourth-order valence-corrected chi connectivity index (χ4v) is 3.44. The van der Waals surface area contributed by atoms with Crippen molar-refractivity contribution in [3.63, 3.8) is 0 Å². The van der Waals surface area contributed by atoms with Crippen LogP contribution in [0.25, 0.3) is 0 Å². The Kier molecular flexibility index (Phi) is 17.5. The van der Waals surface area contributed by atoms with Gasteiger partial charge in [-0.15, -0.1) is 0 Å².